The fourth-order valence-electron chi connectivity index (χ4n) is 2.39. The number of carbonyl (C=O) groups is 1. The van der Waals surface area contributed by atoms with Gasteiger partial charge < -0.3 is 5.32 Å². The summed E-state index contributed by atoms with van der Waals surface area (Å²) in [6.07, 6.45) is 0. The number of halogens is 3. The number of nitro groups is 1. The van der Waals surface area contributed by atoms with Gasteiger partial charge in [-0.25, -0.2) is 4.39 Å². The number of nitro benzene ring substituents is 1. The van der Waals surface area contributed by atoms with Gasteiger partial charge in [0.1, 0.15) is 11.5 Å². The lowest BCUT2D eigenvalue weighted by molar-refractivity contribution is -0.383. The summed E-state index contributed by atoms with van der Waals surface area (Å²) in [6.45, 7) is 3.30. The molecule has 0 saturated heterocycles. The van der Waals surface area contributed by atoms with E-state index in [0.717, 1.165) is 0 Å². The largest absolute Gasteiger partial charge is 0.319 e. The molecule has 2 N–H and O–H groups in total. The minimum absolute atomic E-state index is 0.0897. The summed E-state index contributed by atoms with van der Waals surface area (Å²) in [7, 11) is 0. The van der Waals surface area contributed by atoms with Crippen LogP contribution in [-0.2, 0) is 4.79 Å². The van der Waals surface area contributed by atoms with Crippen LogP contribution in [0.5, 0.6) is 0 Å². The molecule has 0 unspecified atom stereocenters. The molecule has 6 nitrogen and oxygen atoms in total. The van der Waals surface area contributed by atoms with Crippen LogP contribution in [-0.4, -0.2) is 16.9 Å². The van der Waals surface area contributed by atoms with E-state index in [1.54, 1.807) is 19.9 Å². The van der Waals surface area contributed by atoms with Crippen molar-refractivity contribution in [1.82, 2.24) is 5.32 Å². The third-order valence-corrected chi connectivity index (χ3v) is 4.37. The number of rotatable bonds is 6. The predicted molar refractivity (Wildman–Crippen MR) is 99.2 cm³/mol. The first-order chi connectivity index (χ1) is 12.2. The molecule has 138 valence electrons. The molecule has 0 fully saturated rings. The summed E-state index contributed by atoms with van der Waals surface area (Å²) < 4.78 is 13.7. The van der Waals surface area contributed by atoms with Crippen molar-refractivity contribution in [2.75, 3.05) is 5.32 Å². The first kappa shape index (κ1) is 20.1. The lowest BCUT2D eigenvalue weighted by Crippen LogP contribution is -2.39. The number of carbonyl (C=O) groups excluding carboxylic acids is 1. The summed E-state index contributed by atoms with van der Waals surface area (Å²) in [5, 5.41) is 16.7. The second kappa shape index (κ2) is 8.44. The Balaban J connectivity index is 2.10. The van der Waals surface area contributed by atoms with Gasteiger partial charge in [0.05, 0.1) is 16.0 Å². The molecule has 2 atom stereocenters. The number of amides is 1. The Bertz CT molecular complexity index is 848. The van der Waals surface area contributed by atoms with Crippen molar-refractivity contribution in [2.45, 2.75) is 25.9 Å². The fraction of sp³-hybridized carbons (Fsp3) is 0.235. The molecule has 2 aromatic carbocycles. The van der Waals surface area contributed by atoms with Crippen molar-refractivity contribution in [3.63, 3.8) is 0 Å². The predicted octanol–water partition coefficient (Wildman–Crippen LogP) is 4.72. The van der Waals surface area contributed by atoms with Crippen LogP contribution in [0.25, 0.3) is 0 Å². The van der Waals surface area contributed by atoms with Crippen molar-refractivity contribution in [3.8, 4) is 0 Å². The van der Waals surface area contributed by atoms with E-state index in [4.69, 9.17) is 23.2 Å². The van der Waals surface area contributed by atoms with Gasteiger partial charge in [0.2, 0.25) is 5.91 Å². The quantitative estimate of drug-likeness (QED) is 0.418. The molecule has 0 radical (unpaired) electrons. The van der Waals surface area contributed by atoms with Gasteiger partial charge in [-0.1, -0.05) is 35.3 Å². The number of nitrogens with zero attached hydrogens (tertiary/aromatic N) is 1. The number of benzene rings is 2. The highest BCUT2D eigenvalue weighted by Gasteiger charge is 2.21. The van der Waals surface area contributed by atoms with E-state index in [1.807, 2.05) is 0 Å². The van der Waals surface area contributed by atoms with Gasteiger partial charge in [0.25, 0.3) is 5.69 Å². The van der Waals surface area contributed by atoms with Gasteiger partial charge in [0, 0.05) is 17.1 Å². The Labute approximate surface area is 159 Å². The SMILES string of the molecule is C[C@H](N[C@H](C)c1cc(F)c(Cl)cc1Cl)C(=O)Nc1ccccc1[N+](=O)[O-]. The third kappa shape index (κ3) is 4.69. The molecule has 9 heteroatoms. The summed E-state index contributed by atoms with van der Waals surface area (Å²) in [6, 6.07) is 7.15. The standard InChI is InChI=1S/C17H16Cl2FN3O3/c1-9(11-7-14(20)13(19)8-12(11)18)21-10(2)17(24)22-15-5-3-4-6-16(15)23(25)26/h3-10,21H,1-2H3,(H,22,24)/t9-,10+/m1/s1. The van der Waals surface area contributed by atoms with E-state index in [0.29, 0.717) is 5.56 Å². The van der Waals surface area contributed by atoms with Crippen molar-refractivity contribution in [2.24, 2.45) is 0 Å². The van der Waals surface area contributed by atoms with E-state index in [-0.39, 0.29) is 21.4 Å². The molecule has 0 saturated carbocycles. The molecule has 0 spiro atoms. The topological polar surface area (TPSA) is 84.3 Å². The van der Waals surface area contributed by atoms with Crippen LogP contribution in [0.1, 0.15) is 25.5 Å². The Hall–Kier alpha value is -2.22. The molecule has 0 aromatic heterocycles. The van der Waals surface area contributed by atoms with Crippen LogP contribution in [0.3, 0.4) is 0 Å². The number of hydrogen-bond acceptors (Lipinski definition) is 4. The first-order valence-corrected chi connectivity index (χ1v) is 8.41. The second-order valence-electron chi connectivity index (χ2n) is 5.66. The number of nitrogens with one attached hydrogen (secondary N) is 2. The second-order valence-corrected chi connectivity index (χ2v) is 6.48. The van der Waals surface area contributed by atoms with Gasteiger partial charge in [-0.3, -0.25) is 20.2 Å². The molecule has 0 aliphatic heterocycles. The van der Waals surface area contributed by atoms with Gasteiger partial charge in [0.15, 0.2) is 0 Å². The Morgan fingerprint density at radius 3 is 2.50 bits per heavy atom. The zero-order valence-electron chi connectivity index (χ0n) is 13.9. The van der Waals surface area contributed by atoms with Crippen LogP contribution in [0, 0.1) is 15.9 Å². The van der Waals surface area contributed by atoms with Crippen molar-refractivity contribution < 1.29 is 14.1 Å². The summed E-state index contributed by atoms with van der Waals surface area (Å²) >= 11 is 11.8. The molecular weight excluding hydrogens is 384 g/mol. The van der Waals surface area contributed by atoms with Gasteiger partial charge in [-0.05, 0) is 37.6 Å². The van der Waals surface area contributed by atoms with Gasteiger partial charge in [-0.2, -0.15) is 0 Å². The molecule has 2 aromatic rings. The lowest BCUT2D eigenvalue weighted by atomic mass is 10.1. The normalized spacial score (nSPS) is 13.1. The van der Waals surface area contributed by atoms with Crippen LogP contribution < -0.4 is 10.6 Å². The lowest BCUT2D eigenvalue weighted by Gasteiger charge is -2.21. The average molecular weight is 400 g/mol. The van der Waals surface area contributed by atoms with E-state index in [1.165, 1.54) is 30.3 Å². The molecule has 0 bridgehead atoms. The van der Waals surface area contributed by atoms with Crippen LogP contribution in [0.2, 0.25) is 10.0 Å². The maximum atomic E-state index is 13.7. The van der Waals surface area contributed by atoms with Gasteiger partial charge >= 0.3 is 0 Å². The smallest absolute Gasteiger partial charge is 0.292 e. The highest BCUT2D eigenvalue weighted by atomic mass is 35.5. The number of hydrogen-bond donors (Lipinski definition) is 2. The Morgan fingerprint density at radius 2 is 1.85 bits per heavy atom. The number of para-hydroxylation sites is 2. The molecule has 0 aliphatic rings. The summed E-state index contributed by atoms with van der Waals surface area (Å²) in [5.41, 5.74) is 0.335. The van der Waals surface area contributed by atoms with Gasteiger partial charge in [-0.15, -0.1) is 0 Å². The number of anilines is 1. The van der Waals surface area contributed by atoms with Crippen LogP contribution in [0.15, 0.2) is 36.4 Å². The van der Waals surface area contributed by atoms with Crippen molar-refractivity contribution >= 4 is 40.5 Å². The first-order valence-electron chi connectivity index (χ1n) is 7.65. The summed E-state index contributed by atoms with van der Waals surface area (Å²) in [4.78, 5) is 22.8. The highest BCUT2D eigenvalue weighted by Crippen LogP contribution is 2.29. The third-order valence-electron chi connectivity index (χ3n) is 3.76. The Morgan fingerprint density at radius 1 is 1.19 bits per heavy atom. The van der Waals surface area contributed by atoms with Crippen molar-refractivity contribution in [1.29, 1.82) is 0 Å². The molecular formula is C17H16Cl2FN3O3. The van der Waals surface area contributed by atoms with E-state index < -0.39 is 28.7 Å². The van der Waals surface area contributed by atoms with E-state index in [2.05, 4.69) is 10.6 Å². The molecule has 2 rings (SSSR count). The monoisotopic (exact) mass is 399 g/mol. The van der Waals surface area contributed by atoms with Crippen LogP contribution >= 0.6 is 23.2 Å². The molecule has 26 heavy (non-hydrogen) atoms. The minimum atomic E-state index is -0.723. The molecule has 1 amide bonds. The van der Waals surface area contributed by atoms with Crippen molar-refractivity contribution in [3.05, 3.63) is 67.9 Å². The van der Waals surface area contributed by atoms with E-state index in [9.17, 15) is 19.3 Å². The fourth-order valence-corrected chi connectivity index (χ4v) is 2.94. The maximum Gasteiger partial charge on any atom is 0.292 e. The maximum absolute atomic E-state index is 13.7. The Kier molecular flexibility index (Phi) is 6.52. The highest BCUT2D eigenvalue weighted by molar-refractivity contribution is 6.35. The summed E-state index contributed by atoms with van der Waals surface area (Å²) in [5.74, 6) is -1.09. The van der Waals surface area contributed by atoms with E-state index >= 15 is 0 Å². The zero-order valence-corrected chi connectivity index (χ0v) is 15.4. The van der Waals surface area contributed by atoms with Crippen LogP contribution in [0.4, 0.5) is 15.8 Å². The minimum Gasteiger partial charge on any atom is -0.319 e. The molecule has 0 aliphatic carbocycles. The zero-order chi connectivity index (χ0) is 19.4. The average Bonchev–Trinajstić information content (AvgIpc) is 2.58. The molecule has 0 heterocycles.